The highest BCUT2D eigenvalue weighted by Gasteiger charge is 2.11. The maximum absolute atomic E-state index is 12.5. The van der Waals surface area contributed by atoms with Crippen molar-refractivity contribution < 1.29 is 9.53 Å². The summed E-state index contributed by atoms with van der Waals surface area (Å²) in [7, 11) is 0. The Morgan fingerprint density at radius 3 is 2.39 bits per heavy atom. The molecule has 0 aliphatic carbocycles. The van der Waals surface area contributed by atoms with Crippen LogP contribution in [0.4, 0.5) is 5.13 Å². The first-order chi connectivity index (χ1) is 15.2. The summed E-state index contributed by atoms with van der Waals surface area (Å²) in [5.41, 5.74) is 2.22. The quantitative estimate of drug-likeness (QED) is 0.289. The average Bonchev–Trinajstić information content (AvgIpc) is 3.26. The molecule has 0 aliphatic rings. The second kappa shape index (κ2) is 9.89. The number of carbonyl (C=O) groups excluding carboxylic acids is 1. The van der Waals surface area contributed by atoms with E-state index in [9.17, 15) is 4.79 Å². The molecule has 0 aliphatic heterocycles. The lowest BCUT2D eigenvalue weighted by atomic mass is 10.2. The molecule has 3 aromatic carbocycles. The van der Waals surface area contributed by atoms with Crippen LogP contribution in [0.3, 0.4) is 0 Å². The van der Waals surface area contributed by atoms with Crippen molar-refractivity contribution in [3.63, 3.8) is 0 Å². The molecule has 4 aromatic rings. The van der Waals surface area contributed by atoms with Crippen molar-refractivity contribution in [1.29, 1.82) is 5.26 Å². The van der Waals surface area contributed by atoms with Crippen molar-refractivity contribution in [2.75, 3.05) is 5.32 Å². The molecular formula is C23H16N4O2S2. The number of thioether (sulfide) groups is 1. The number of ether oxygens (including phenoxy) is 1. The molecule has 0 radical (unpaired) electrons. The number of anilines is 1. The Balaban J connectivity index is 1.31. The minimum absolute atomic E-state index is 0.258. The van der Waals surface area contributed by atoms with Gasteiger partial charge in [0.1, 0.15) is 11.5 Å². The summed E-state index contributed by atoms with van der Waals surface area (Å²) < 4.78 is 6.50. The molecule has 1 heterocycles. The van der Waals surface area contributed by atoms with Crippen LogP contribution in [-0.4, -0.2) is 16.1 Å². The molecule has 8 heteroatoms. The number of carbonyl (C=O) groups is 1. The molecule has 1 aromatic heterocycles. The standard InChI is InChI=1S/C23H16N4O2S2/c24-14-16-6-8-17(9-7-16)15-30-23-27-26-22(31-23)25-21(28)18-10-12-20(13-11-18)29-19-4-2-1-3-5-19/h1-13H,15H2,(H,25,26,28). The number of nitrogens with zero attached hydrogens (tertiary/aromatic N) is 3. The van der Waals surface area contributed by atoms with Crippen LogP contribution in [0.2, 0.25) is 0 Å². The summed E-state index contributed by atoms with van der Waals surface area (Å²) in [6.45, 7) is 0. The third kappa shape index (κ3) is 5.69. The normalized spacial score (nSPS) is 10.3. The number of hydrogen-bond acceptors (Lipinski definition) is 7. The number of para-hydroxylation sites is 1. The van der Waals surface area contributed by atoms with Crippen LogP contribution in [0, 0.1) is 11.3 Å². The summed E-state index contributed by atoms with van der Waals surface area (Å²) in [5.74, 6) is 1.84. The largest absolute Gasteiger partial charge is 0.457 e. The van der Waals surface area contributed by atoms with Crippen LogP contribution in [0.15, 0.2) is 83.2 Å². The van der Waals surface area contributed by atoms with Gasteiger partial charge in [-0.25, -0.2) is 0 Å². The van der Waals surface area contributed by atoms with E-state index in [1.165, 1.54) is 23.1 Å². The van der Waals surface area contributed by atoms with Crippen molar-refractivity contribution in [3.05, 3.63) is 95.6 Å². The average molecular weight is 445 g/mol. The lowest BCUT2D eigenvalue weighted by molar-refractivity contribution is 0.102. The fourth-order valence-corrected chi connectivity index (χ4v) is 4.31. The molecule has 0 unspecified atom stereocenters. The zero-order valence-electron chi connectivity index (χ0n) is 16.2. The van der Waals surface area contributed by atoms with Crippen LogP contribution < -0.4 is 10.1 Å². The van der Waals surface area contributed by atoms with Crippen molar-refractivity contribution in [2.45, 2.75) is 10.1 Å². The third-order valence-electron chi connectivity index (χ3n) is 4.17. The van der Waals surface area contributed by atoms with E-state index in [1.807, 2.05) is 42.5 Å². The molecule has 6 nitrogen and oxygen atoms in total. The second-order valence-electron chi connectivity index (χ2n) is 6.36. The van der Waals surface area contributed by atoms with Crippen LogP contribution >= 0.6 is 23.1 Å². The molecule has 0 saturated heterocycles. The van der Waals surface area contributed by atoms with Gasteiger partial charge in [0.05, 0.1) is 11.6 Å². The summed E-state index contributed by atoms with van der Waals surface area (Å²) in [6, 6.07) is 25.9. The molecule has 152 valence electrons. The van der Waals surface area contributed by atoms with E-state index in [0.717, 1.165) is 15.7 Å². The molecule has 1 N–H and O–H groups in total. The van der Waals surface area contributed by atoms with E-state index >= 15 is 0 Å². The zero-order chi connectivity index (χ0) is 21.5. The molecule has 31 heavy (non-hydrogen) atoms. The van der Waals surface area contributed by atoms with Gasteiger partial charge in [0, 0.05) is 11.3 Å². The van der Waals surface area contributed by atoms with Crippen LogP contribution in [0.1, 0.15) is 21.5 Å². The Bertz CT molecular complexity index is 1200. The van der Waals surface area contributed by atoms with E-state index in [-0.39, 0.29) is 5.91 Å². The predicted octanol–water partition coefficient (Wildman–Crippen LogP) is 5.75. The van der Waals surface area contributed by atoms with Gasteiger partial charge in [0.25, 0.3) is 5.91 Å². The highest BCUT2D eigenvalue weighted by molar-refractivity contribution is 8.00. The molecule has 0 saturated carbocycles. The minimum Gasteiger partial charge on any atom is -0.457 e. The number of benzene rings is 3. The molecular weight excluding hydrogens is 428 g/mol. The fourth-order valence-electron chi connectivity index (χ4n) is 2.61. The maximum Gasteiger partial charge on any atom is 0.257 e. The number of aromatic nitrogens is 2. The molecule has 0 atom stereocenters. The Hall–Kier alpha value is -3.67. The molecule has 4 rings (SSSR count). The Kier molecular flexibility index (Phi) is 6.57. The number of amides is 1. The summed E-state index contributed by atoms with van der Waals surface area (Å²) in [4.78, 5) is 12.5. The highest BCUT2D eigenvalue weighted by atomic mass is 32.2. The van der Waals surface area contributed by atoms with E-state index in [2.05, 4.69) is 21.6 Å². The summed E-state index contributed by atoms with van der Waals surface area (Å²) in [5, 5.41) is 20.2. The smallest absolute Gasteiger partial charge is 0.257 e. The van der Waals surface area contributed by atoms with Gasteiger partial charge in [0.15, 0.2) is 4.34 Å². The van der Waals surface area contributed by atoms with Crippen LogP contribution in [-0.2, 0) is 5.75 Å². The summed E-state index contributed by atoms with van der Waals surface area (Å²) in [6.07, 6.45) is 0. The van der Waals surface area contributed by atoms with E-state index in [1.54, 1.807) is 36.4 Å². The number of hydrogen-bond donors (Lipinski definition) is 1. The van der Waals surface area contributed by atoms with Gasteiger partial charge in [0.2, 0.25) is 5.13 Å². The number of rotatable bonds is 7. The van der Waals surface area contributed by atoms with Crippen LogP contribution in [0.25, 0.3) is 0 Å². The first-order valence-electron chi connectivity index (χ1n) is 9.29. The third-order valence-corrected chi connectivity index (χ3v) is 6.21. The SMILES string of the molecule is N#Cc1ccc(CSc2nnc(NC(=O)c3ccc(Oc4ccccc4)cc3)s2)cc1. The Labute approximate surface area is 187 Å². The molecule has 0 bridgehead atoms. The van der Waals surface area contributed by atoms with Crippen molar-refractivity contribution in [2.24, 2.45) is 0 Å². The lowest BCUT2D eigenvalue weighted by Crippen LogP contribution is -2.11. The van der Waals surface area contributed by atoms with E-state index < -0.39 is 0 Å². The fraction of sp³-hybridized carbons (Fsp3) is 0.0435. The van der Waals surface area contributed by atoms with Gasteiger partial charge in [-0.1, -0.05) is 53.4 Å². The summed E-state index contributed by atoms with van der Waals surface area (Å²) >= 11 is 2.85. The first kappa shape index (κ1) is 20.6. The van der Waals surface area contributed by atoms with Gasteiger partial charge in [-0.3, -0.25) is 10.1 Å². The van der Waals surface area contributed by atoms with Crippen molar-refractivity contribution in [1.82, 2.24) is 10.2 Å². The van der Waals surface area contributed by atoms with Gasteiger partial charge in [-0.2, -0.15) is 5.26 Å². The van der Waals surface area contributed by atoms with Gasteiger partial charge < -0.3 is 4.74 Å². The minimum atomic E-state index is -0.258. The van der Waals surface area contributed by atoms with E-state index in [0.29, 0.717) is 27.8 Å². The Morgan fingerprint density at radius 1 is 0.968 bits per heavy atom. The number of nitrogens with one attached hydrogen (secondary N) is 1. The first-order valence-corrected chi connectivity index (χ1v) is 11.1. The van der Waals surface area contributed by atoms with Gasteiger partial charge >= 0.3 is 0 Å². The van der Waals surface area contributed by atoms with Crippen LogP contribution in [0.5, 0.6) is 11.5 Å². The van der Waals surface area contributed by atoms with Gasteiger partial charge in [-0.15, -0.1) is 10.2 Å². The van der Waals surface area contributed by atoms with Crippen molar-refractivity contribution >= 4 is 34.1 Å². The van der Waals surface area contributed by atoms with Crippen molar-refractivity contribution in [3.8, 4) is 17.6 Å². The molecule has 1 amide bonds. The predicted molar refractivity (Wildman–Crippen MR) is 122 cm³/mol. The zero-order valence-corrected chi connectivity index (χ0v) is 17.8. The lowest BCUT2D eigenvalue weighted by Gasteiger charge is -2.06. The second-order valence-corrected chi connectivity index (χ2v) is 8.56. The topological polar surface area (TPSA) is 87.9 Å². The molecule has 0 spiro atoms. The number of nitriles is 1. The monoisotopic (exact) mass is 444 g/mol. The Morgan fingerprint density at radius 2 is 1.68 bits per heavy atom. The highest BCUT2D eigenvalue weighted by Crippen LogP contribution is 2.29. The van der Waals surface area contributed by atoms with Gasteiger partial charge in [-0.05, 0) is 54.1 Å². The maximum atomic E-state index is 12.5. The van der Waals surface area contributed by atoms with E-state index in [4.69, 9.17) is 10.00 Å². The molecule has 0 fully saturated rings.